The maximum absolute atomic E-state index is 12.0. The molecule has 0 bridgehead atoms. The van der Waals surface area contributed by atoms with Crippen LogP contribution in [0.4, 0.5) is 0 Å². The van der Waals surface area contributed by atoms with E-state index < -0.39 is 11.6 Å². The highest BCUT2D eigenvalue weighted by molar-refractivity contribution is 5.87. The molecule has 1 aromatic heterocycles. The number of carbonyl (C=O) groups is 1. The molecule has 0 saturated carbocycles. The van der Waals surface area contributed by atoms with Gasteiger partial charge in [0.1, 0.15) is 12.2 Å². The molecule has 3 aromatic rings. The molecule has 3 rings (SSSR count). The summed E-state index contributed by atoms with van der Waals surface area (Å²) in [6.45, 7) is 5.95. The van der Waals surface area contributed by atoms with Crippen LogP contribution in [-0.4, -0.2) is 5.97 Å². The van der Waals surface area contributed by atoms with Crippen molar-refractivity contribution in [1.29, 1.82) is 0 Å². The number of rotatable bonds is 4. The molecule has 0 aliphatic carbocycles. The predicted molar refractivity (Wildman–Crippen MR) is 102 cm³/mol. The van der Waals surface area contributed by atoms with Gasteiger partial charge in [-0.15, -0.1) is 0 Å². The Morgan fingerprint density at radius 2 is 1.85 bits per heavy atom. The van der Waals surface area contributed by atoms with Crippen molar-refractivity contribution in [1.82, 2.24) is 0 Å². The predicted octanol–water partition coefficient (Wildman–Crippen LogP) is 4.47. The third kappa shape index (κ3) is 4.09. The third-order valence-electron chi connectivity index (χ3n) is 4.27. The van der Waals surface area contributed by atoms with Gasteiger partial charge in [-0.1, -0.05) is 29.8 Å². The molecule has 0 saturated heterocycles. The molecule has 4 nitrogen and oxygen atoms in total. The summed E-state index contributed by atoms with van der Waals surface area (Å²) in [6.07, 6.45) is 3.10. The van der Waals surface area contributed by atoms with Crippen LogP contribution in [0.5, 0.6) is 0 Å². The number of hydrogen-bond donors (Lipinski definition) is 0. The summed E-state index contributed by atoms with van der Waals surface area (Å²) < 4.78 is 10.6. The summed E-state index contributed by atoms with van der Waals surface area (Å²) >= 11 is 0. The van der Waals surface area contributed by atoms with Crippen LogP contribution in [0.1, 0.15) is 27.8 Å². The fourth-order valence-corrected chi connectivity index (χ4v) is 2.74. The molecule has 132 valence electrons. The van der Waals surface area contributed by atoms with Crippen molar-refractivity contribution >= 4 is 23.0 Å². The highest BCUT2D eigenvalue weighted by atomic mass is 16.5. The topological polar surface area (TPSA) is 56.5 Å². The van der Waals surface area contributed by atoms with E-state index in [-0.39, 0.29) is 6.61 Å². The molecular formula is C22H20O4. The van der Waals surface area contributed by atoms with Gasteiger partial charge in [0.05, 0.1) is 0 Å². The Hall–Kier alpha value is -3.14. The quantitative estimate of drug-likeness (QED) is 0.396. The van der Waals surface area contributed by atoms with Gasteiger partial charge in [0.2, 0.25) is 0 Å². The minimum atomic E-state index is -0.461. The summed E-state index contributed by atoms with van der Waals surface area (Å²) in [7, 11) is 0. The Morgan fingerprint density at radius 3 is 2.62 bits per heavy atom. The van der Waals surface area contributed by atoms with Crippen LogP contribution in [0.3, 0.4) is 0 Å². The van der Waals surface area contributed by atoms with E-state index in [1.807, 2.05) is 57.2 Å². The van der Waals surface area contributed by atoms with Crippen molar-refractivity contribution in [2.24, 2.45) is 0 Å². The van der Waals surface area contributed by atoms with Crippen LogP contribution in [-0.2, 0) is 16.1 Å². The molecular weight excluding hydrogens is 328 g/mol. The van der Waals surface area contributed by atoms with Crippen molar-refractivity contribution in [3.63, 3.8) is 0 Å². The van der Waals surface area contributed by atoms with Crippen molar-refractivity contribution in [3.05, 3.63) is 86.8 Å². The normalized spacial score (nSPS) is 11.2. The second-order valence-corrected chi connectivity index (χ2v) is 6.38. The van der Waals surface area contributed by atoms with Gasteiger partial charge >= 0.3 is 11.6 Å². The Morgan fingerprint density at radius 1 is 1.08 bits per heavy atom. The van der Waals surface area contributed by atoms with E-state index in [0.29, 0.717) is 11.1 Å². The molecule has 0 unspecified atom stereocenters. The van der Waals surface area contributed by atoms with E-state index in [1.165, 1.54) is 12.1 Å². The summed E-state index contributed by atoms with van der Waals surface area (Å²) in [6, 6.07) is 13.0. The van der Waals surface area contributed by atoms with E-state index in [0.717, 1.165) is 27.6 Å². The zero-order valence-electron chi connectivity index (χ0n) is 15.0. The first-order valence-corrected chi connectivity index (χ1v) is 8.38. The summed E-state index contributed by atoms with van der Waals surface area (Å²) in [5, 5.41) is 0.781. The van der Waals surface area contributed by atoms with Gasteiger partial charge in [0.25, 0.3) is 0 Å². The number of benzene rings is 2. The molecule has 4 heteroatoms. The molecule has 0 aliphatic rings. The van der Waals surface area contributed by atoms with Gasteiger partial charge < -0.3 is 9.15 Å². The Balaban J connectivity index is 1.78. The van der Waals surface area contributed by atoms with Crippen LogP contribution >= 0.6 is 0 Å². The Kier molecular flexibility index (Phi) is 5.03. The average Bonchev–Trinajstić information content (AvgIpc) is 2.59. The highest BCUT2D eigenvalue weighted by Crippen LogP contribution is 2.22. The summed E-state index contributed by atoms with van der Waals surface area (Å²) in [5.41, 5.74) is 4.85. The molecule has 1 heterocycles. The largest absolute Gasteiger partial charge is 0.458 e. The monoisotopic (exact) mass is 348 g/mol. The van der Waals surface area contributed by atoms with Crippen molar-refractivity contribution in [2.75, 3.05) is 0 Å². The third-order valence-corrected chi connectivity index (χ3v) is 4.27. The number of fused-ring (bicyclic) bond motifs is 1. The minimum Gasteiger partial charge on any atom is -0.458 e. The zero-order chi connectivity index (χ0) is 18.7. The smallest absolute Gasteiger partial charge is 0.336 e. The van der Waals surface area contributed by atoms with Gasteiger partial charge in [-0.3, -0.25) is 0 Å². The molecule has 0 spiro atoms. The molecule has 0 atom stereocenters. The van der Waals surface area contributed by atoms with E-state index in [1.54, 1.807) is 6.08 Å². The number of esters is 1. The van der Waals surface area contributed by atoms with Crippen LogP contribution in [0.15, 0.2) is 57.8 Å². The van der Waals surface area contributed by atoms with Gasteiger partial charge in [-0.05, 0) is 55.7 Å². The lowest BCUT2D eigenvalue weighted by atomic mass is 10.0. The maximum Gasteiger partial charge on any atom is 0.336 e. The van der Waals surface area contributed by atoms with Crippen molar-refractivity contribution in [2.45, 2.75) is 27.4 Å². The standard InChI is InChI=1S/C22H20O4/c1-14-5-4-6-17(9-14)7-8-21(23)25-13-18-12-22(24)26-20-11-16(3)15(2)10-19(18)20/h4-12H,13H2,1-3H3/b8-7+. The first-order chi connectivity index (χ1) is 12.4. The first-order valence-electron chi connectivity index (χ1n) is 8.38. The molecule has 0 amide bonds. The molecule has 0 N–H and O–H groups in total. The van der Waals surface area contributed by atoms with E-state index in [9.17, 15) is 9.59 Å². The Labute approximate surface area is 151 Å². The number of aryl methyl sites for hydroxylation is 3. The van der Waals surface area contributed by atoms with Crippen LogP contribution in [0.25, 0.3) is 17.0 Å². The lowest BCUT2D eigenvalue weighted by molar-refractivity contribution is -0.138. The number of carbonyl (C=O) groups excluding carboxylic acids is 1. The van der Waals surface area contributed by atoms with Crippen molar-refractivity contribution in [3.8, 4) is 0 Å². The van der Waals surface area contributed by atoms with Gasteiger partial charge in [0.15, 0.2) is 0 Å². The summed E-state index contributed by atoms with van der Waals surface area (Å²) in [5.74, 6) is -0.461. The first kappa shape index (κ1) is 17.7. The summed E-state index contributed by atoms with van der Waals surface area (Å²) in [4.78, 5) is 23.8. The zero-order valence-corrected chi connectivity index (χ0v) is 15.0. The lowest BCUT2D eigenvalue weighted by Gasteiger charge is -2.08. The molecule has 0 radical (unpaired) electrons. The molecule has 0 fully saturated rings. The second kappa shape index (κ2) is 7.40. The molecule has 0 aliphatic heterocycles. The van der Waals surface area contributed by atoms with Crippen LogP contribution < -0.4 is 5.63 Å². The SMILES string of the molecule is Cc1cccc(/C=C/C(=O)OCc2cc(=O)oc3cc(C)c(C)cc23)c1. The number of hydrogen-bond acceptors (Lipinski definition) is 4. The van der Waals surface area contributed by atoms with Gasteiger partial charge in [-0.25, -0.2) is 9.59 Å². The maximum atomic E-state index is 12.0. The Bertz CT molecular complexity index is 1060. The van der Waals surface area contributed by atoms with Crippen molar-refractivity contribution < 1.29 is 13.9 Å². The lowest BCUT2D eigenvalue weighted by Crippen LogP contribution is -2.06. The molecule has 2 aromatic carbocycles. The van der Waals surface area contributed by atoms with E-state index in [2.05, 4.69) is 0 Å². The fourth-order valence-electron chi connectivity index (χ4n) is 2.74. The highest BCUT2D eigenvalue weighted by Gasteiger charge is 2.09. The van der Waals surface area contributed by atoms with Gasteiger partial charge in [-0.2, -0.15) is 0 Å². The van der Waals surface area contributed by atoms with Gasteiger partial charge in [0, 0.05) is 23.1 Å². The van der Waals surface area contributed by atoms with E-state index >= 15 is 0 Å². The average molecular weight is 348 g/mol. The van der Waals surface area contributed by atoms with Crippen LogP contribution in [0, 0.1) is 20.8 Å². The fraction of sp³-hybridized carbons (Fsp3) is 0.182. The minimum absolute atomic E-state index is 0.0155. The van der Waals surface area contributed by atoms with E-state index in [4.69, 9.17) is 9.15 Å². The van der Waals surface area contributed by atoms with Crippen LogP contribution in [0.2, 0.25) is 0 Å². The molecule has 26 heavy (non-hydrogen) atoms. The second-order valence-electron chi connectivity index (χ2n) is 6.38. The number of ether oxygens (including phenoxy) is 1.